The average molecular weight is 971 g/mol. The fourth-order valence-electron chi connectivity index (χ4n) is 12.6. The lowest BCUT2D eigenvalue weighted by atomic mass is 9.46. The predicted octanol–water partition coefficient (Wildman–Crippen LogP) is 18.5. The van der Waals surface area contributed by atoms with E-state index in [1.807, 2.05) is 22.7 Å². The number of nitrogens with zero attached hydrogens (tertiary/aromatic N) is 2. The smallest absolute Gasteiger partial charge is 0.343 e. The Kier molecular flexibility index (Phi) is 9.19. The van der Waals surface area contributed by atoms with Gasteiger partial charge < -0.3 is 14.1 Å². The Morgan fingerprint density at radius 2 is 1.14 bits per heavy atom. The lowest BCUT2D eigenvalue weighted by Gasteiger charge is -2.44. The summed E-state index contributed by atoms with van der Waals surface area (Å²) in [5.74, 6) is 0. The van der Waals surface area contributed by atoms with E-state index >= 15 is 0 Å². The highest BCUT2D eigenvalue weighted by molar-refractivity contribution is 7.32. The van der Waals surface area contributed by atoms with E-state index < -0.39 is 0 Å². The van der Waals surface area contributed by atoms with Gasteiger partial charge in [0.1, 0.15) is 11.2 Å². The Morgan fingerprint density at radius 3 is 1.86 bits per heavy atom. The van der Waals surface area contributed by atoms with Crippen LogP contribution in [-0.2, 0) is 21.7 Å². The Hall–Kier alpha value is -6.60. The molecule has 14 rings (SSSR count). The van der Waals surface area contributed by atoms with Crippen molar-refractivity contribution in [3.05, 3.63) is 174 Å². The molecule has 0 spiro atoms. The van der Waals surface area contributed by atoms with Crippen molar-refractivity contribution in [1.29, 1.82) is 0 Å². The molecule has 3 aliphatic rings. The molecule has 0 saturated heterocycles. The molecule has 3 aromatic heterocycles. The third-order valence-electron chi connectivity index (χ3n) is 16.8. The van der Waals surface area contributed by atoms with E-state index in [9.17, 15) is 0 Å². The van der Waals surface area contributed by atoms with Crippen LogP contribution >= 0.6 is 22.7 Å². The number of rotatable bonds is 3. The topological polar surface area (TPSA) is 19.6 Å². The van der Waals surface area contributed by atoms with Crippen molar-refractivity contribution in [2.24, 2.45) is 0 Å². The second-order valence-corrected chi connectivity index (χ2v) is 26.5. The highest BCUT2D eigenvalue weighted by Crippen LogP contribution is 2.56. The van der Waals surface area contributed by atoms with Crippen molar-refractivity contribution < 1.29 is 4.42 Å². The van der Waals surface area contributed by atoms with Gasteiger partial charge in [-0.1, -0.05) is 148 Å². The molecule has 11 aromatic rings. The van der Waals surface area contributed by atoms with Gasteiger partial charge in [-0.3, -0.25) is 0 Å². The van der Waals surface area contributed by atoms with Gasteiger partial charge in [0, 0.05) is 79.7 Å². The molecule has 8 aromatic carbocycles. The Morgan fingerprint density at radius 1 is 0.514 bits per heavy atom. The number of thiophene rings is 2. The zero-order valence-corrected chi connectivity index (χ0v) is 44.7. The summed E-state index contributed by atoms with van der Waals surface area (Å²) in [5.41, 5.74) is 19.9. The first kappa shape index (κ1) is 44.1. The van der Waals surface area contributed by atoms with Crippen LogP contribution in [0.3, 0.4) is 0 Å². The fourth-order valence-corrected chi connectivity index (χ4v) is 15.0. The quantitative estimate of drug-likeness (QED) is 0.165. The van der Waals surface area contributed by atoms with Gasteiger partial charge in [-0.15, -0.1) is 22.7 Å². The van der Waals surface area contributed by atoms with Crippen LogP contribution < -0.4 is 20.0 Å². The minimum Gasteiger partial charge on any atom is -0.455 e. The molecule has 3 nitrogen and oxygen atoms in total. The summed E-state index contributed by atoms with van der Waals surface area (Å²) in [7, 11) is 0. The largest absolute Gasteiger partial charge is 0.455 e. The SMILES string of the molecule is CC(C)(C)c1ccc(N2c3cc4c(oc5ccccc54)c4c3B(c3sc5ccc(C(C)(C)C)cc5c32)N(c2ccc(-c3ccccc3)cc2)c2cc3sc5cc6c(cc5c3cc2-4)C(C)(C)CCC6(C)C)cc1. The van der Waals surface area contributed by atoms with Crippen molar-refractivity contribution in [3.63, 3.8) is 0 Å². The molecule has 0 unspecified atom stereocenters. The number of hydrogen-bond acceptors (Lipinski definition) is 5. The predicted molar refractivity (Wildman–Crippen MR) is 314 cm³/mol. The number of furan rings is 1. The summed E-state index contributed by atoms with van der Waals surface area (Å²) in [6, 6.07) is 58.2. The van der Waals surface area contributed by atoms with E-state index in [1.54, 1.807) is 0 Å². The van der Waals surface area contributed by atoms with Crippen LogP contribution in [0, 0.1) is 0 Å². The van der Waals surface area contributed by atoms with Crippen molar-refractivity contribution in [2.75, 3.05) is 9.71 Å². The summed E-state index contributed by atoms with van der Waals surface area (Å²) >= 11 is 3.91. The van der Waals surface area contributed by atoms with Crippen molar-refractivity contribution >= 4 is 120 Å². The minimum atomic E-state index is -0.154. The van der Waals surface area contributed by atoms with E-state index in [1.165, 1.54) is 121 Å². The molecular formula is C66H59BN2OS2. The second-order valence-electron chi connectivity index (χ2n) is 24.4. The summed E-state index contributed by atoms with van der Waals surface area (Å²) in [4.78, 5) is 5.32. The zero-order chi connectivity index (χ0) is 49.4. The highest BCUT2D eigenvalue weighted by Gasteiger charge is 2.49. The van der Waals surface area contributed by atoms with E-state index in [4.69, 9.17) is 4.42 Å². The maximum absolute atomic E-state index is 7.25. The van der Waals surface area contributed by atoms with Crippen LogP contribution in [0.15, 0.2) is 156 Å². The molecule has 354 valence electrons. The third kappa shape index (κ3) is 6.40. The number of fused-ring (bicyclic) bond motifs is 14. The average Bonchev–Trinajstić information content (AvgIpc) is 4.05. The van der Waals surface area contributed by atoms with Crippen LogP contribution in [0.1, 0.15) is 104 Å². The van der Waals surface area contributed by atoms with Gasteiger partial charge in [-0.25, -0.2) is 0 Å². The monoisotopic (exact) mass is 970 g/mol. The van der Waals surface area contributed by atoms with E-state index in [2.05, 4.69) is 231 Å². The van der Waals surface area contributed by atoms with Gasteiger partial charge in [0.25, 0.3) is 0 Å². The Balaban J connectivity index is 1.13. The molecule has 6 heteroatoms. The van der Waals surface area contributed by atoms with E-state index in [-0.39, 0.29) is 28.5 Å². The number of hydrogen-bond donors (Lipinski definition) is 0. The molecule has 0 radical (unpaired) electrons. The third-order valence-corrected chi connectivity index (χ3v) is 19.1. The van der Waals surface area contributed by atoms with E-state index in [0.29, 0.717) is 0 Å². The van der Waals surface area contributed by atoms with Gasteiger partial charge in [0.2, 0.25) is 0 Å². The second kappa shape index (κ2) is 15.0. The minimum absolute atomic E-state index is 0.0177. The van der Waals surface area contributed by atoms with Crippen LogP contribution in [0.4, 0.5) is 28.4 Å². The molecule has 0 N–H and O–H groups in total. The normalized spacial score (nSPS) is 15.9. The molecule has 0 amide bonds. The molecule has 1 aliphatic carbocycles. The van der Waals surface area contributed by atoms with Crippen LogP contribution in [-0.4, -0.2) is 6.85 Å². The summed E-state index contributed by atoms with van der Waals surface area (Å²) in [5, 5.41) is 6.26. The lowest BCUT2D eigenvalue weighted by Crippen LogP contribution is -2.60. The molecule has 0 saturated carbocycles. The van der Waals surface area contributed by atoms with Gasteiger partial charge in [0.15, 0.2) is 0 Å². The first-order valence-corrected chi connectivity index (χ1v) is 27.5. The molecule has 0 atom stereocenters. The highest BCUT2D eigenvalue weighted by atomic mass is 32.1. The Bertz CT molecular complexity index is 4060. The number of para-hydroxylation sites is 1. The van der Waals surface area contributed by atoms with Gasteiger partial charge in [0.05, 0.1) is 5.69 Å². The van der Waals surface area contributed by atoms with E-state index in [0.717, 1.165) is 27.6 Å². The first-order chi connectivity index (χ1) is 34.4. The number of benzene rings is 8. The molecule has 2 aliphatic heterocycles. The van der Waals surface area contributed by atoms with Crippen LogP contribution in [0.2, 0.25) is 0 Å². The standard InChI is InChI=1S/C66H59BN2OS2/c1-63(2,3)40-22-27-42(28-23-40)68-53-35-47-44-18-14-15-19-54(44)70-61(47)58-48-33-45-46-34-50-51(66(9,10)31-30-65(50,7)8)36-56(46)71-57(45)37-52(48)69(43-25-20-39(21-26-43)38-16-12-11-13-17-38)67(59(53)58)62-60(68)49-32-41(64(4,5)6)24-29-55(49)72-62/h11-29,32-37H,30-31H2,1-10H3. The lowest BCUT2D eigenvalue weighted by molar-refractivity contribution is 0.332. The van der Waals surface area contributed by atoms with Crippen molar-refractivity contribution in [2.45, 2.75) is 104 Å². The maximum atomic E-state index is 7.25. The van der Waals surface area contributed by atoms with Gasteiger partial charge in [-0.2, -0.15) is 0 Å². The van der Waals surface area contributed by atoms with Crippen molar-refractivity contribution in [3.8, 4) is 22.3 Å². The molecule has 0 fully saturated rings. The Labute approximate surface area is 431 Å². The number of anilines is 5. The molecular weight excluding hydrogens is 912 g/mol. The van der Waals surface area contributed by atoms with Crippen molar-refractivity contribution in [1.82, 2.24) is 0 Å². The zero-order valence-electron chi connectivity index (χ0n) is 43.0. The maximum Gasteiger partial charge on any atom is 0.343 e. The summed E-state index contributed by atoms with van der Waals surface area (Å²) in [6.07, 6.45) is 2.38. The summed E-state index contributed by atoms with van der Waals surface area (Å²) < 4.78 is 12.6. The van der Waals surface area contributed by atoms with Crippen LogP contribution in [0.25, 0.3) is 74.5 Å². The molecule has 0 bridgehead atoms. The molecule has 5 heterocycles. The first-order valence-electron chi connectivity index (χ1n) is 25.9. The van der Waals surface area contributed by atoms with Gasteiger partial charge in [-0.05, 0) is 146 Å². The fraction of sp³-hybridized carbons (Fsp3) is 0.242. The summed E-state index contributed by atoms with van der Waals surface area (Å²) in [6.45, 7) is 23.6. The molecule has 72 heavy (non-hydrogen) atoms. The van der Waals surface area contributed by atoms with Crippen LogP contribution in [0.5, 0.6) is 0 Å². The van der Waals surface area contributed by atoms with Gasteiger partial charge >= 0.3 is 6.85 Å².